The fourth-order valence-electron chi connectivity index (χ4n) is 3.28. The van der Waals surface area contributed by atoms with Crippen LogP contribution in [0.15, 0.2) is 47.4 Å². The van der Waals surface area contributed by atoms with E-state index >= 15 is 0 Å². The second kappa shape index (κ2) is 8.79. The van der Waals surface area contributed by atoms with Crippen molar-refractivity contribution in [2.24, 2.45) is 5.92 Å². The summed E-state index contributed by atoms with van der Waals surface area (Å²) in [4.78, 5) is 12.7. The van der Waals surface area contributed by atoms with Crippen LogP contribution in [0.3, 0.4) is 0 Å². The van der Waals surface area contributed by atoms with Gasteiger partial charge in [-0.25, -0.2) is 12.8 Å². The normalized spacial score (nSPS) is 17.6. The number of hydrogen-bond donors (Lipinski definition) is 1. The molecule has 0 spiro atoms. The van der Waals surface area contributed by atoms with E-state index in [2.05, 4.69) is 5.32 Å². The van der Waals surface area contributed by atoms with Crippen molar-refractivity contribution >= 4 is 21.6 Å². The van der Waals surface area contributed by atoms with Crippen molar-refractivity contribution in [1.82, 2.24) is 4.31 Å². The van der Waals surface area contributed by atoms with Gasteiger partial charge in [0.1, 0.15) is 5.82 Å². The van der Waals surface area contributed by atoms with Gasteiger partial charge in [0.25, 0.3) is 0 Å². The van der Waals surface area contributed by atoms with Crippen LogP contribution in [0.2, 0.25) is 0 Å². The number of benzene rings is 2. The third-order valence-electron chi connectivity index (χ3n) is 4.86. The molecule has 0 aliphatic carbocycles. The second-order valence-electron chi connectivity index (χ2n) is 6.72. The number of methoxy groups -OCH3 is 2. The Kier molecular flexibility index (Phi) is 6.39. The largest absolute Gasteiger partial charge is 0.493 e. The molecule has 1 N–H and O–H groups in total. The van der Waals surface area contributed by atoms with Crippen LogP contribution in [0.1, 0.15) is 12.8 Å². The van der Waals surface area contributed by atoms with E-state index in [9.17, 15) is 17.6 Å². The number of hydrogen-bond acceptors (Lipinski definition) is 5. The number of carbonyl (C=O) groups is 1. The van der Waals surface area contributed by atoms with E-state index in [0.29, 0.717) is 36.6 Å². The van der Waals surface area contributed by atoms with E-state index in [-0.39, 0.29) is 17.3 Å². The smallest absolute Gasteiger partial charge is 0.243 e. The Morgan fingerprint density at radius 2 is 1.79 bits per heavy atom. The number of rotatable bonds is 6. The first-order valence-corrected chi connectivity index (χ1v) is 10.6. The molecular weight excluding hydrogens is 399 g/mol. The Labute approximate surface area is 169 Å². The highest BCUT2D eigenvalue weighted by atomic mass is 32.2. The number of carbonyl (C=O) groups excluding carboxylic acids is 1. The summed E-state index contributed by atoms with van der Waals surface area (Å²) in [7, 11) is -0.888. The first kappa shape index (κ1) is 21.1. The minimum Gasteiger partial charge on any atom is -0.493 e. The van der Waals surface area contributed by atoms with Gasteiger partial charge in [0.15, 0.2) is 11.5 Å². The third kappa shape index (κ3) is 4.68. The summed E-state index contributed by atoms with van der Waals surface area (Å²) in [6.07, 6.45) is 1.14. The minimum atomic E-state index is -3.80. The summed E-state index contributed by atoms with van der Waals surface area (Å²) >= 11 is 0. The van der Waals surface area contributed by atoms with Crippen LogP contribution in [0.25, 0.3) is 0 Å². The lowest BCUT2D eigenvalue weighted by Crippen LogP contribution is -2.43. The van der Waals surface area contributed by atoms with E-state index in [1.54, 1.807) is 0 Å². The van der Waals surface area contributed by atoms with Gasteiger partial charge in [-0.2, -0.15) is 4.31 Å². The first-order valence-electron chi connectivity index (χ1n) is 9.13. The molecular formula is C20H23FN2O5S. The van der Waals surface area contributed by atoms with Gasteiger partial charge in [0.05, 0.1) is 25.0 Å². The molecule has 1 heterocycles. The molecule has 1 fully saturated rings. The Morgan fingerprint density at radius 3 is 2.45 bits per heavy atom. The lowest BCUT2D eigenvalue weighted by Gasteiger charge is -2.31. The number of ether oxygens (including phenoxy) is 2. The van der Waals surface area contributed by atoms with Gasteiger partial charge in [0.2, 0.25) is 15.9 Å². The molecule has 7 nitrogen and oxygen atoms in total. The fraction of sp³-hybridized carbons (Fsp3) is 0.350. The maximum atomic E-state index is 13.1. The number of sulfonamides is 1. The SMILES string of the molecule is COc1ccc(S(=O)(=O)N2CCCC(C(=O)Nc3ccc(F)cc3)C2)cc1OC. The highest BCUT2D eigenvalue weighted by Gasteiger charge is 2.33. The molecule has 1 aliphatic rings. The fourth-order valence-corrected chi connectivity index (χ4v) is 4.82. The van der Waals surface area contributed by atoms with Gasteiger partial charge in [-0.3, -0.25) is 4.79 Å². The van der Waals surface area contributed by atoms with Crippen molar-refractivity contribution in [2.75, 3.05) is 32.6 Å². The Hall–Kier alpha value is -2.65. The van der Waals surface area contributed by atoms with Crippen LogP contribution < -0.4 is 14.8 Å². The van der Waals surface area contributed by atoms with E-state index in [0.717, 1.165) is 0 Å². The standard InChI is InChI=1S/C20H23FN2O5S/c1-27-18-10-9-17(12-19(18)28-2)29(25,26)23-11-3-4-14(13-23)20(24)22-16-7-5-15(21)6-8-16/h5-10,12,14H,3-4,11,13H2,1-2H3,(H,22,24). The molecule has 1 unspecified atom stereocenters. The summed E-state index contributed by atoms with van der Waals surface area (Å²) in [5.41, 5.74) is 0.469. The summed E-state index contributed by atoms with van der Waals surface area (Å²) in [5, 5.41) is 2.72. The van der Waals surface area contributed by atoms with Crippen molar-refractivity contribution in [2.45, 2.75) is 17.7 Å². The van der Waals surface area contributed by atoms with Gasteiger partial charge in [-0.1, -0.05) is 0 Å². The molecule has 2 aromatic rings. The van der Waals surface area contributed by atoms with Crippen molar-refractivity contribution in [3.8, 4) is 11.5 Å². The van der Waals surface area contributed by atoms with Gasteiger partial charge in [0, 0.05) is 24.8 Å². The lowest BCUT2D eigenvalue weighted by molar-refractivity contribution is -0.120. The Morgan fingerprint density at radius 1 is 1.10 bits per heavy atom. The molecule has 1 saturated heterocycles. The highest BCUT2D eigenvalue weighted by Crippen LogP contribution is 2.32. The molecule has 0 bridgehead atoms. The monoisotopic (exact) mass is 422 g/mol. The van der Waals surface area contributed by atoms with E-state index < -0.39 is 21.8 Å². The molecule has 156 valence electrons. The topological polar surface area (TPSA) is 84.9 Å². The molecule has 0 aromatic heterocycles. The zero-order valence-electron chi connectivity index (χ0n) is 16.2. The van der Waals surface area contributed by atoms with Crippen LogP contribution in [-0.4, -0.2) is 45.9 Å². The summed E-state index contributed by atoms with van der Waals surface area (Å²) in [6, 6.07) is 9.85. The first-order chi connectivity index (χ1) is 13.8. The highest BCUT2D eigenvalue weighted by molar-refractivity contribution is 7.89. The minimum absolute atomic E-state index is 0.0731. The molecule has 2 aromatic carbocycles. The van der Waals surface area contributed by atoms with E-state index in [1.807, 2.05) is 0 Å². The van der Waals surface area contributed by atoms with Gasteiger partial charge >= 0.3 is 0 Å². The summed E-state index contributed by atoms with van der Waals surface area (Å²) < 4.78 is 50.8. The average Bonchev–Trinajstić information content (AvgIpc) is 2.74. The number of amides is 1. The molecule has 29 heavy (non-hydrogen) atoms. The molecule has 1 amide bonds. The number of nitrogens with one attached hydrogen (secondary N) is 1. The quantitative estimate of drug-likeness (QED) is 0.774. The predicted molar refractivity (Wildman–Crippen MR) is 106 cm³/mol. The number of halogens is 1. The number of piperidine rings is 1. The van der Waals surface area contributed by atoms with Crippen molar-refractivity contribution in [1.29, 1.82) is 0 Å². The molecule has 0 saturated carbocycles. The zero-order chi connectivity index (χ0) is 21.0. The zero-order valence-corrected chi connectivity index (χ0v) is 17.0. The van der Waals surface area contributed by atoms with E-state index in [4.69, 9.17) is 9.47 Å². The molecule has 3 rings (SSSR count). The molecule has 9 heteroatoms. The second-order valence-corrected chi connectivity index (χ2v) is 8.65. The number of nitrogens with zero attached hydrogens (tertiary/aromatic N) is 1. The average molecular weight is 422 g/mol. The van der Waals surface area contributed by atoms with Crippen LogP contribution in [0, 0.1) is 11.7 Å². The molecule has 1 atom stereocenters. The maximum Gasteiger partial charge on any atom is 0.243 e. The van der Waals surface area contributed by atoms with Crippen LogP contribution >= 0.6 is 0 Å². The number of anilines is 1. The van der Waals surface area contributed by atoms with Crippen molar-refractivity contribution < 1.29 is 27.1 Å². The summed E-state index contributed by atoms with van der Waals surface area (Å²) in [6.45, 7) is 0.403. The van der Waals surface area contributed by atoms with E-state index in [1.165, 1.54) is 61.0 Å². The van der Waals surface area contributed by atoms with Gasteiger partial charge in [-0.15, -0.1) is 0 Å². The van der Waals surface area contributed by atoms with Crippen LogP contribution in [0.5, 0.6) is 11.5 Å². The lowest BCUT2D eigenvalue weighted by atomic mass is 9.99. The third-order valence-corrected chi connectivity index (χ3v) is 6.72. The molecule has 1 aliphatic heterocycles. The van der Waals surface area contributed by atoms with Crippen molar-refractivity contribution in [3.63, 3.8) is 0 Å². The molecule has 0 radical (unpaired) electrons. The van der Waals surface area contributed by atoms with Crippen LogP contribution in [0.4, 0.5) is 10.1 Å². The Bertz CT molecular complexity index is 979. The van der Waals surface area contributed by atoms with Crippen LogP contribution in [-0.2, 0) is 14.8 Å². The van der Waals surface area contributed by atoms with Gasteiger partial charge < -0.3 is 14.8 Å². The predicted octanol–water partition coefficient (Wildman–Crippen LogP) is 2.88. The van der Waals surface area contributed by atoms with Gasteiger partial charge in [-0.05, 0) is 49.2 Å². The Balaban J connectivity index is 1.75. The maximum absolute atomic E-state index is 13.1. The van der Waals surface area contributed by atoms with Crippen molar-refractivity contribution in [3.05, 3.63) is 48.3 Å². The summed E-state index contributed by atoms with van der Waals surface area (Å²) in [5.74, 6) is -0.432.